The highest BCUT2D eigenvalue weighted by molar-refractivity contribution is 4.92. The van der Waals surface area contributed by atoms with Gasteiger partial charge in [-0.3, -0.25) is 0 Å². The number of nitrogens with zero attached hydrogens (tertiary/aromatic N) is 3. The molecule has 5 nitrogen and oxygen atoms in total. The summed E-state index contributed by atoms with van der Waals surface area (Å²) in [6.45, 7) is 5.55. The van der Waals surface area contributed by atoms with Crippen LogP contribution in [0.15, 0.2) is 0 Å². The van der Waals surface area contributed by atoms with Crippen molar-refractivity contribution in [2.75, 3.05) is 13.7 Å². The zero-order chi connectivity index (χ0) is 11.3. The summed E-state index contributed by atoms with van der Waals surface area (Å²) in [7, 11) is 3.69. The number of nitrogens with one attached hydrogen (secondary N) is 1. The number of methoxy groups -OCH3 is 1. The summed E-state index contributed by atoms with van der Waals surface area (Å²) in [6, 6.07) is 0.381. The first-order valence-corrected chi connectivity index (χ1v) is 5.26. The van der Waals surface area contributed by atoms with Crippen molar-refractivity contribution in [1.29, 1.82) is 0 Å². The van der Waals surface area contributed by atoms with E-state index in [-0.39, 0.29) is 0 Å². The number of ether oxygens (including phenoxy) is 1. The standard InChI is InChI=1S/C10H20N4O/c1-5-9(7-15-4)11-6-10-13-12-8(2)14(10)3/h9,11H,5-7H2,1-4H3. The van der Waals surface area contributed by atoms with Gasteiger partial charge in [-0.2, -0.15) is 0 Å². The molecule has 1 N–H and O–H groups in total. The Morgan fingerprint density at radius 3 is 2.67 bits per heavy atom. The average molecular weight is 212 g/mol. The van der Waals surface area contributed by atoms with Gasteiger partial charge in [-0.15, -0.1) is 10.2 Å². The number of aromatic nitrogens is 3. The molecule has 1 aromatic rings. The van der Waals surface area contributed by atoms with Crippen LogP contribution < -0.4 is 5.32 Å². The molecule has 1 unspecified atom stereocenters. The Morgan fingerprint density at radius 2 is 2.20 bits per heavy atom. The lowest BCUT2D eigenvalue weighted by molar-refractivity contribution is 0.163. The van der Waals surface area contributed by atoms with Gasteiger partial charge in [0.2, 0.25) is 0 Å². The fraction of sp³-hybridized carbons (Fsp3) is 0.800. The zero-order valence-corrected chi connectivity index (χ0v) is 9.95. The summed E-state index contributed by atoms with van der Waals surface area (Å²) in [5.74, 6) is 1.90. The van der Waals surface area contributed by atoms with Gasteiger partial charge in [-0.05, 0) is 13.3 Å². The molecule has 0 radical (unpaired) electrons. The highest BCUT2D eigenvalue weighted by Gasteiger charge is 2.08. The molecule has 0 saturated heterocycles. The molecule has 0 fully saturated rings. The van der Waals surface area contributed by atoms with Crippen molar-refractivity contribution in [2.45, 2.75) is 32.9 Å². The van der Waals surface area contributed by atoms with E-state index in [0.29, 0.717) is 6.04 Å². The third kappa shape index (κ3) is 3.28. The Hall–Kier alpha value is -0.940. The maximum atomic E-state index is 5.11. The van der Waals surface area contributed by atoms with Crippen LogP contribution in [0.5, 0.6) is 0 Å². The van der Waals surface area contributed by atoms with Gasteiger partial charge >= 0.3 is 0 Å². The topological polar surface area (TPSA) is 52.0 Å². The summed E-state index contributed by atoms with van der Waals surface area (Å²) in [6.07, 6.45) is 1.05. The van der Waals surface area contributed by atoms with Crippen LogP contribution in [0.1, 0.15) is 25.0 Å². The Bertz CT molecular complexity index is 298. The predicted octanol–water partition coefficient (Wildman–Crippen LogP) is 0.638. The van der Waals surface area contributed by atoms with E-state index in [1.807, 2.05) is 18.5 Å². The molecule has 0 bridgehead atoms. The van der Waals surface area contributed by atoms with Gasteiger partial charge in [0.1, 0.15) is 11.6 Å². The maximum absolute atomic E-state index is 5.11. The minimum absolute atomic E-state index is 0.381. The first-order valence-electron chi connectivity index (χ1n) is 5.26. The molecule has 15 heavy (non-hydrogen) atoms. The number of rotatable bonds is 6. The van der Waals surface area contributed by atoms with Gasteiger partial charge in [0, 0.05) is 20.2 Å². The molecule has 86 valence electrons. The number of aryl methyl sites for hydroxylation is 1. The molecule has 0 aromatic carbocycles. The lowest BCUT2D eigenvalue weighted by Crippen LogP contribution is -2.32. The first-order chi connectivity index (χ1) is 7.19. The third-order valence-corrected chi connectivity index (χ3v) is 2.59. The Balaban J connectivity index is 2.45. The second-order valence-corrected chi connectivity index (χ2v) is 3.66. The van der Waals surface area contributed by atoms with Gasteiger partial charge in [-0.1, -0.05) is 6.92 Å². The molecule has 0 aliphatic heterocycles. The molecular formula is C10H20N4O. The van der Waals surface area contributed by atoms with Crippen molar-refractivity contribution in [3.05, 3.63) is 11.6 Å². The van der Waals surface area contributed by atoms with Crippen LogP contribution in [-0.4, -0.2) is 34.5 Å². The van der Waals surface area contributed by atoms with E-state index in [2.05, 4.69) is 22.4 Å². The van der Waals surface area contributed by atoms with Gasteiger partial charge in [0.15, 0.2) is 0 Å². The van der Waals surface area contributed by atoms with Crippen LogP contribution in [0, 0.1) is 6.92 Å². The van der Waals surface area contributed by atoms with E-state index >= 15 is 0 Å². The lowest BCUT2D eigenvalue weighted by Gasteiger charge is -2.15. The van der Waals surface area contributed by atoms with Crippen LogP contribution in [-0.2, 0) is 18.3 Å². The van der Waals surface area contributed by atoms with Crippen molar-refractivity contribution in [2.24, 2.45) is 7.05 Å². The molecule has 1 aromatic heterocycles. The summed E-state index contributed by atoms with van der Waals surface area (Å²) in [5.41, 5.74) is 0. The van der Waals surface area contributed by atoms with E-state index in [9.17, 15) is 0 Å². The second-order valence-electron chi connectivity index (χ2n) is 3.66. The van der Waals surface area contributed by atoms with Crippen LogP contribution >= 0.6 is 0 Å². The SMILES string of the molecule is CCC(COC)NCc1nnc(C)n1C. The molecule has 0 aliphatic rings. The summed E-state index contributed by atoms with van der Waals surface area (Å²) < 4.78 is 7.11. The maximum Gasteiger partial charge on any atom is 0.146 e. The van der Waals surface area contributed by atoms with Crippen molar-refractivity contribution in [3.63, 3.8) is 0 Å². The van der Waals surface area contributed by atoms with E-state index in [1.165, 1.54) is 0 Å². The second kappa shape index (κ2) is 5.82. The van der Waals surface area contributed by atoms with Crippen molar-refractivity contribution in [1.82, 2.24) is 20.1 Å². The molecule has 1 atom stereocenters. The van der Waals surface area contributed by atoms with Gasteiger partial charge in [0.05, 0.1) is 13.2 Å². The van der Waals surface area contributed by atoms with Gasteiger partial charge in [0.25, 0.3) is 0 Å². The Kier molecular flexibility index (Phi) is 4.71. The predicted molar refractivity (Wildman–Crippen MR) is 58.5 cm³/mol. The van der Waals surface area contributed by atoms with E-state index in [1.54, 1.807) is 7.11 Å². The molecule has 5 heteroatoms. The van der Waals surface area contributed by atoms with Crippen molar-refractivity contribution in [3.8, 4) is 0 Å². The minimum Gasteiger partial charge on any atom is -0.383 e. The summed E-state index contributed by atoms with van der Waals surface area (Å²) >= 11 is 0. The molecule has 0 saturated carbocycles. The number of hydrogen-bond acceptors (Lipinski definition) is 4. The van der Waals surface area contributed by atoms with E-state index in [0.717, 1.165) is 31.2 Å². The number of hydrogen-bond donors (Lipinski definition) is 1. The molecule has 0 spiro atoms. The lowest BCUT2D eigenvalue weighted by atomic mass is 10.2. The first kappa shape index (κ1) is 12.1. The van der Waals surface area contributed by atoms with Crippen LogP contribution in [0.25, 0.3) is 0 Å². The van der Waals surface area contributed by atoms with Crippen LogP contribution in [0.3, 0.4) is 0 Å². The van der Waals surface area contributed by atoms with Crippen LogP contribution in [0.4, 0.5) is 0 Å². The molecule has 0 amide bonds. The summed E-state index contributed by atoms with van der Waals surface area (Å²) in [5, 5.41) is 11.5. The molecule has 0 aliphatic carbocycles. The van der Waals surface area contributed by atoms with Gasteiger partial charge in [-0.25, -0.2) is 0 Å². The fourth-order valence-electron chi connectivity index (χ4n) is 1.36. The summed E-state index contributed by atoms with van der Waals surface area (Å²) in [4.78, 5) is 0. The van der Waals surface area contributed by atoms with Crippen molar-refractivity contribution < 1.29 is 4.74 Å². The highest BCUT2D eigenvalue weighted by Crippen LogP contribution is 1.99. The van der Waals surface area contributed by atoms with E-state index < -0.39 is 0 Å². The smallest absolute Gasteiger partial charge is 0.146 e. The molecule has 1 rings (SSSR count). The average Bonchev–Trinajstić information content (AvgIpc) is 2.55. The molecule has 1 heterocycles. The fourth-order valence-corrected chi connectivity index (χ4v) is 1.36. The Morgan fingerprint density at radius 1 is 1.47 bits per heavy atom. The highest BCUT2D eigenvalue weighted by atomic mass is 16.5. The quantitative estimate of drug-likeness (QED) is 0.752. The third-order valence-electron chi connectivity index (χ3n) is 2.59. The minimum atomic E-state index is 0.381. The monoisotopic (exact) mass is 212 g/mol. The largest absolute Gasteiger partial charge is 0.383 e. The van der Waals surface area contributed by atoms with Crippen LogP contribution in [0.2, 0.25) is 0 Å². The zero-order valence-electron chi connectivity index (χ0n) is 9.95. The van der Waals surface area contributed by atoms with E-state index in [4.69, 9.17) is 4.74 Å². The van der Waals surface area contributed by atoms with Gasteiger partial charge < -0.3 is 14.6 Å². The van der Waals surface area contributed by atoms with Crippen molar-refractivity contribution >= 4 is 0 Å². The Labute approximate surface area is 90.8 Å². The molecular weight excluding hydrogens is 192 g/mol. The normalized spacial score (nSPS) is 13.1.